The molecule has 0 aliphatic carbocycles. The number of oxazole rings is 2. The first-order valence-electron chi connectivity index (χ1n) is 25.9. The van der Waals surface area contributed by atoms with E-state index in [1.165, 1.54) is 38.9 Å². The summed E-state index contributed by atoms with van der Waals surface area (Å²) >= 11 is 0. The third-order valence-electron chi connectivity index (χ3n) is 14.8. The van der Waals surface area contributed by atoms with Crippen molar-refractivity contribution in [1.29, 1.82) is 0 Å². The van der Waals surface area contributed by atoms with E-state index in [9.17, 15) is 0 Å². The van der Waals surface area contributed by atoms with Crippen molar-refractivity contribution in [2.45, 2.75) is 183 Å². The van der Waals surface area contributed by atoms with Crippen LogP contribution in [0.3, 0.4) is 0 Å². The number of nitrogens with zero attached hydrogens (tertiary/aromatic N) is 4. The molecule has 71 heavy (non-hydrogen) atoms. The summed E-state index contributed by atoms with van der Waals surface area (Å²) in [4.78, 5) is 16.0. The molecule has 4 heterocycles. The van der Waals surface area contributed by atoms with Gasteiger partial charge in [0.05, 0.1) is 11.2 Å². The second-order valence-corrected chi connectivity index (χ2v) is 27.9. The van der Waals surface area contributed by atoms with Gasteiger partial charge in [-0.05, 0) is 143 Å². The number of hydrogen-bond acceptors (Lipinski definition) is 6. The first kappa shape index (κ1) is 50.1. The average Bonchev–Trinajstić information content (AvgIpc) is 3.90. The van der Waals surface area contributed by atoms with Crippen LogP contribution in [-0.4, -0.2) is 16.7 Å². The predicted octanol–water partition coefficient (Wildman–Crippen LogP) is 16.2. The lowest BCUT2D eigenvalue weighted by Gasteiger charge is -2.41. The Kier molecular flexibility index (Phi) is 11.5. The van der Waals surface area contributed by atoms with E-state index < -0.39 is 6.71 Å². The molecule has 5 aromatic carbocycles. The first-order chi connectivity index (χ1) is 32.6. The van der Waals surface area contributed by atoms with Crippen LogP contribution in [-0.2, 0) is 37.9 Å². The Morgan fingerprint density at radius 2 is 0.606 bits per heavy atom. The molecule has 9 rings (SSSR count). The topological polar surface area (TPSA) is 58.5 Å². The zero-order valence-electron chi connectivity index (χ0n) is 46.9. The Hall–Kier alpha value is -5.82. The molecule has 0 amide bonds. The Bertz CT molecular complexity index is 2900. The highest BCUT2D eigenvalue weighted by Gasteiger charge is 2.51. The van der Waals surface area contributed by atoms with Crippen LogP contribution in [0.15, 0.2) is 106 Å². The molecule has 0 saturated carbocycles. The quantitative estimate of drug-likeness (QED) is 0.164. The van der Waals surface area contributed by atoms with Crippen LogP contribution in [0.5, 0.6) is 0 Å². The number of fused-ring (bicyclic) bond motifs is 4. The van der Waals surface area contributed by atoms with Gasteiger partial charge >= 0.3 is 6.71 Å². The van der Waals surface area contributed by atoms with Crippen LogP contribution in [0.25, 0.3) is 22.9 Å². The minimum atomic E-state index is -0.412. The molecule has 0 radical (unpaired) electrons. The van der Waals surface area contributed by atoms with Crippen LogP contribution in [0.2, 0.25) is 0 Å². The fourth-order valence-corrected chi connectivity index (χ4v) is 9.89. The number of rotatable bonds is 4. The van der Waals surface area contributed by atoms with E-state index >= 15 is 0 Å². The molecular weight excluding hydrogens is 868 g/mol. The van der Waals surface area contributed by atoms with E-state index in [0.717, 1.165) is 50.5 Å². The van der Waals surface area contributed by atoms with Crippen molar-refractivity contribution in [2.75, 3.05) is 9.80 Å². The summed E-state index contributed by atoms with van der Waals surface area (Å²) in [6, 6.07) is 36.6. The normalized spacial score (nSPS) is 14.5. The largest absolute Gasteiger partial charge is 0.420 e. The zero-order chi connectivity index (χ0) is 51.9. The molecule has 0 fully saturated rings. The summed E-state index contributed by atoms with van der Waals surface area (Å²) in [6.07, 6.45) is 0. The maximum Gasteiger partial charge on any atom is 0.307 e. The number of aromatic nitrogens is 2. The van der Waals surface area contributed by atoms with Crippen molar-refractivity contribution in [3.05, 3.63) is 136 Å². The summed E-state index contributed by atoms with van der Waals surface area (Å²) in [6.45, 7) is 47.7. The monoisotopic (exact) mass is 947 g/mol. The number of benzene rings is 5. The molecule has 0 bridgehead atoms. The lowest BCUT2D eigenvalue weighted by molar-refractivity contribution is 0.565. The van der Waals surface area contributed by atoms with Crippen molar-refractivity contribution < 1.29 is 8.83 Å². The van der Waals surface area contributed by atoms with Crippen LogP contribution >= 0.6 is 0 Å². The second kappa shape index (κ2) is 16.4. The van der Waals surface area contributed by atoms with Gasteiger partial charge in [0.1, 0.15) is 0 Å². The molecule has 0 saturated heterocycles. The predicted molar refractivity (Wildman–Crippen MR) is 302 cm³/mol. The van der Waals surface area contributed by atoms with Crippen LogP contribution in [0.1, 0.15) is 184 Å². The second-order valence-electron chi connectivity index (χ2n) is 27.9. The minimum Gasteiger partial charge on any atom is -0.420 e. The van der Waals surface area contributed by atoms with Gasteiger partial charge in [-0.15, -0.1) is 0 Å². The Balaban J connectivity index is 1.43. The fraction of sp³-hybridized carbons (Fsp3) is 0.438. The van der Waals surface area contributed by atoms with E-state index in [0.29, 0.717) is 23.5 Å². The van der Waals surface area contributed by atoms with Gasteiger partial charge in [0.25, 0.3) is 0 Å². The maximum absolute atomic E-state index is 7.33. The summed E-state index contributed by atoms with van der Waals surface area (Å²) in [5, 5.41) is 0. The Morgan fingerprint density at radius 3 is 0.873 bits per heavy atom. The van der Waals surface area contributed by atoms with Crippen molar-refractivity contribution in [2.24, 2.45) is 0 Å². The maximum atomic E-state index is 7.33. The molecule has 2 aliphatic heterocycles. The average molecular weight is 947 g/mol. The molecule has 0 spiro atoms. The highest BCUT2D eigenvalue weighted by molar-refractivity contribution is 6.99. The molecule has 370 valence electrons. The lowest BCUT2D eigenvalue weighted by Crippen LogP contribution is -2.62. The van der Waals surface area contributed by atoms with E-state index in [1.54, 1.807) is 0 Å². The fourth-order valence-electron chi connectivity index (χ4n) is 9.89. The van der Waals surface area contributed by atoms with E-state index in [4.69, 9.17) is 18.8 Å². The minimum absolute atomic E-state index is 0.00105. The lowest BCUT2D eigenvalue weighted by atomic mass is 9.37. The molecular formula is C64H79BN4O2. The van der Waals surface area contributed by atoms with Crippen LogP contribution < -0.4 is 26.4 Å². The standard InChI is InChI=1S/C64H79BN4O2/c1-58(2,3)40-26-22-38(23-27-40)54-66-52-56(70-54)68(47-32-42(60(7,8)9)30-43(33-47)61(10,11)12)49-36-46(64(19,20)21)37-50-51(49)65(52)53-57(71-55(67-53)39-24-28-41(29-25-39)59(4,5)6)69(50)48-34-44(62(13,14)15)31-45(35-48)63(16,17)18/h22-37H,1-21H3. The molecule has 6 nitrogen and oxygen atoms in total. The molecule has 2 aliphatic rings. The zero-order valence-corrected chi connectivity index (χ0v) is 46.9. The van der Waals surface area contributed by atoms with Gasteiger partial charge in [-0.25, -0.2) is 9.97 Å². The van der Waals surface area contributed by atoms with Crippen molar-refractivity contribution in [3.63, 3.8) is 0 Å². The molecule has 7 heteroatoms. The highest BCUT2D eigenvalue weighted by Crippen LogP contribution is 2.50. The highest BCUT2D eigenvalue weighted by atomic mass is 16.4. The first-order valence-corrected chi connectivity index (χ1v) is 25.9. The van der Waals surface area contributed by atoms with E-state index in [-0.39, 0.29) is 37.9 Å². The van der Waals surface area contributed by atoms with E-state index in [1.807, 2.05) is 0 Å². The van der Waals surface area contributed by atoms with Gasteiger partial charge in [-0.1, -0.05) is 182 Å². The molecule has 2 aromatic heterocycles. The third kappa shape index (κ3) is 9.21. The SMILES string of the molecule is CC(C)(C)c1ccc(-c2nc3c(o2)N(c2cc(C(C)(C)C)cc(C(C)(C)C)c2)c2cc(C(C)(C)C)cc4c2B3c2nc(-c3ccc(C(C)(C)C)cc3)oc2N4c2cc(C(C)(C)C)cc(C(C)(C)C)c2)cc1. The van der Waals surface area contributed by atoms with Crippen LogP contribution in [0.4, 0.5) is 34.5 Å². The van der Waals surface area contributed by atoms with Gasteiger partial charge in [-0.3, -0.25) is 9.80 Å². The van der Waals surface area contributed by atoms with Crippen molar-refractivity contribution in [1.82, 2.24) is 9.97 Å². The van der Waals surface area contributed by atoms with Gasteiger partial charge in [0.2, 0.25) is 23.5 Å². The molecule has 7 aromatic rings. The summed E-state index contributed by atoms with van der Waals surface area (Å²) in [5.41, 5.74) is 16.9. The van der Waals surface area contributed by atoms with E-state index in [2.05, 4.69) is 252 Å². The van der Waals surface area contributed by atoms with Gasteiger partial charge in [-0.2, -0.15) is 0 Å². The number of hydrogen-bond donors (Lipinski definition) is 0. The van der Waals surface area contributed by atoms with Gasteiger partial charge in [0, 0.05) is 33.9 Å². The van der Waals surface area contributed by atoms with Crippen molar-refractivity contribution >= 4 is 57.9 Å². The van der Waals surface area contributed by atoms with Gasteiger partial charge < -0.3 is 8.83 Å². The molecule has 0 N–H and O–H groups in total. The Morgan fingerprint density at radius 1 is 0.338 bits per heavy atom. The third-order valence-corrected chi connectivity index (χ3v) is 14.8. The Labute approximate surface area is 426 Å². The smallest absolute Gasteiger partial charge is 0.307 e. The van der Waals surface area contributed by atoms with Crippen LogP contribution in [0, 0.1) is 0 Å². The molecule has 0 atom stereocenters. The molecule has 0 unspecified atom stereocenters. The number of anilines is 6. The summed E-state index contributed by atoms with van der Waals surface area (Å²) in [5.74, 6) is 2.55. The summed E-state index contributed by atoms with van der Waals surface area (Å²) in [7, 11) is 0. The summed E-state index contributed by atoms with van der Waals surface area (Å²) < 4.78 is 14.7. The van der Waals surface area contributed by atoms with Gasteiger partial charge in [0.15, 0.2) is 0 Å². The van der Waals surface area contributed by atoms with Crippen molar-refractivity contribution in [3.8, 4) is 22.9 Å².